The summed E-state index contributed by atoms with van der Waals surface area (Å²) in [4.78, 5) is 25.1. The Bertz CT molecular complexity index is 1380. The molecular weight excluding hydrogens is 448 g/mol. The van der Waals surface area contributed by atoms with Crippen molar-refractivity contribution in [3.05, 3.63) is 99.9 Å². The van der Waals surface area contributed by atoms with Crippen molar-refractivity contribution in [1.29, 1.82) is 0 Å². The van der Waals surface area contributed by atoms with Crippen LogP contribution in [-0.2, 0) is 0 Å². The molecule has 0 N–H and O–H groups in total. The van der Waals surface area contributed by atoms with Crippen LogP contribution in [0.15, 0.2) is 73.1 Å². The van der Waals surface area contributed by atoms with Gasteiger partial charge in [0.25, 0.3) is 5.69 Å². The summed E-state index contributed by atoms with van der Waals surface area (Å²) in [6.07, 6.45) is 3.42. The molecule has 0 fully saturated rings. The zero-order valence-electron chi connectivity index (χ0n) is 19.8. The van der Waals surface area contributed by atoms with Crippen LogP contribution in [-0.4, -0.2) is 36.6 Å². The molecule has 0 saturated heterocycles. The van der Waals surface area contributed by atoms with Crippen LogP contribution in [0.1, 0.15) is 21.5 Å². The monoisotopic (exact) mass is 472 g/mol. The Hall–Kier alpha value is -4.59. The highest BCUT2D eigenvalue weighted by Crippen LogP contribution is 2.40. The van der Waals surface area contributed by atoms with E-state index in [1.54, 1.807) is 47.3 Å². The van der Waals surface area contributed by atoms with Crippen LogP contribution < -0.4 is 14.2 Å². The second-order valence-electron chi connectivity index (χ2n) is 7.85. The molecule has 178 valence electrons. The molecule has 1 heterocycles. The van der Waals surface area contributed by atoms with Crippen molar-refractivity contribution >= 4 is 11.5 Å². The molecule has 35 heavy (non-hydrogen) atoms. The second-order valence-corrected chi connectivity index (χ2v) is 7.85. The maximum absolute atomic E-state index is 13.8. The van der Waals surface area contributed by atoms with Crippen LogP contribution in [0.25, 0.3) is 16.8 Å². The van der Waals surface area contributed by atoms with E-state index in [-0.39, 0.29) is 11.5 Å². The van der Waals surface area contributed by atoms with E-state index in [1.807, 2.05) is 31.2 Å². The summed E-state index contributed by atoms with van der Waals surface area (Å²) >= 11 is 0. The number of nitrogens with zero attached hydrogens (tertiary/aromatic N) is 2. The van der Waals surface area contributed by atoms with E-state index < -0.39 is 4.92 Å². The van der Waals surface area contributed by atoms with E-state index in [4.69, 9.17) is 14.2 Å². The van der Waals surface area contributed by atoms with Gasteiger partial charge in [-0.3, -0.25) is 14.9 Å². The lowest BCUT2D eigenvalue weighted by molar-refractivity contribution is -0.384. The molecule has 4 rings (SSSR count). The van der Waals surface area contributed by atoms with E-state index in [0.29, 0.717) is 39.5 Å². The van der Waals surface area contributed by atoms with Crippen molar-refractivity contribution in [2.45, 2.75) is 6.92 Å². The van der Waals surface area contributed by atoms with Gasteiger partial charge < -0.3 is 18.8 Å². The summed E-state index contributed by atoms with van der Waals surface area (Å²) in [6, 6.07) is 17.3. The minimum absolute atomic E-state index is 0.0897. The number of ketones is 1. The van der Waals surface area contributed by atoms with Gasteiger partial charge in [0.2, 0.25) is 5.75 Å². The molecule has 0 spiro atoms. The number of hydrogen-bond donors (Lipinski definition) is 0. The third-order valence-electron chi connectivity index (χ3n) is 5.72. The first-order valence-electron chi connectivity index (χ1n) is 10.8. The molecule has 0 amide bonds. The number of methoxy groups -OCH3 is 3. The van der Waals surface area contributed by atoms with Gasteiger partial charge in [-0.25, -0.2) is 0 Å². The number of rotatable bonds is 8. The zero-order valence-corrected chi connectivity index (χ0v) is 19.8. The molecule has 8 nitrogen and oxygen atoms in total. The maximum atomic E-state index is 13.8. The fourth-order valence-corrected chi connectivity index (χ4v) is 3.94. The van der Waals surface area contributed by atoms with Gasteiger partial charge in [0.1, 0.15) is 0 Å². The lowest BCUT2D eigenvalue weighted by atomic mass is 9.96. The Morgan fingerprint density at radius 1 is 0.857 bits per heavy atom. The molecule has 4 aromatic rings. The largest absolute Gasteiger partial charge is 0.493 e. The van der Waals surface area contributed by atoms with Gasteiger partial charge in [0.15, 0.2) is 17.3 Å². The number of carbonyl (C=O) groups excluding carboxylic acids is 1. The highest BCUT2D eigenvalue weighted by atomic mass is 16.6. The van der Waals surface area contributed by atoms with Crippen LogP contribution >= 0.6 is 0 Å². The number of ether oxygens (including phenoxy) is 3. The molecule has 0 radical (unpaired) electrons. The van der Waals surface area contributed by atoms with Crippen LogP contribution in [0.4, 0.5) is 5.69 Å². The molecule has 3 aromatic carbocycles. The van der Waals surface area contributed by atoms with Crippen LogP contribution in [0, 0.1) is 17.0 Å². The fraction of sp³-hybridized carbons (Fsp3) is 0.148. The average molecular weight is 472 g/mol. The van der Waals surface area contributed by atoms with Gasteiger partial charge in [-0.05, 0) is 37.3 Å². The lowest BCUT2D eigenvalue weighted by Gasteiger charge is -2.14. The summed E-state index contributed by atoms with van der Waals surface area (Å²) in [5.41, 5.74) is 3.20. The molecule has 0 aliphatic rings. The van der Waals surface area contributed by atoms with Crippen LogP contribution in [0.2, 0.25) is 0 Å². The van der Waals surface area contributed by atoms with E-state index in [1.165, 1.54) is 27.4 Å². The molecule has 0 aliphatic heterocycles. The third-order valence-corrected chi connectivity index (χ3v) is 5.72. The zero-order chi connectivity index (χ0) is 25.1. The Kier molecular flexibility index (Phi) is 6.55. The number of para-hydroxylation sites is 1. The maximum Gasteiger partial charge on any atom is 0.277 e. The van der Waals surface area contributed by atoms with Crippen molar-refractivity contribution in [3.63, 3.8) is 0 Å². The Morgan fingerprint density at radius 2 is 1.49 bits per heavy atom. The smallest absolute Gasteiger partial charge is 0.277 e. The highest BCUT2D eigenvalue weighted by molar-refractivity contribution is 6.14. The van der Waals surface area contributed by atoms with Gasteiger partial charge in [0, 0.05) is 40.8 Å². The van der Waals surface area contributed by atoms with Gasteiger partial charge in [-0.2, -0.15) is 0 Å². The predicted molar refractivity (Wildman–Crippen MR) is 132 cm³/mol. The van der Waals surface area contributed by atoms with Crippen molar-refractivity contribution in [3.8, 4) is 34.1 Å². The number of aromatic nitrogens is 1. The van der Waals surface area contributed by atoms with E-state index in [0.717, 1.165) is 11.3 Å². The Balaban J connectivity index is 1.94. The molecule has 1 aromatic heterocycles. The molecule has 0 unspecified atom stereocenters. The van der Waals surface area contributed by atoms with Gasteiger partial charge in [0.05, 0.1) is 31.8 Å². The number of nitro groups is 1. The van der Waals surface area contributed by atoms with Crippen molar-refractivity contribution < 1.29 is 23.9 Å². The van der Waals surface area contributed by atoms with E-state index in [2.05, 4.69) is 0 Å². The van der Waals surface area contributed by atoms with Crippen molar-refractivity contribution in [2.24, 2.45) is 0 Å². The second kappa shape index (κ2) is 9.72. The SMILES string of the molecule is COc1cc(C(=O)c2cn(-c3ccc(C)cc3)cc2-c2ccccc2[N+](=O)[O-])cc(OC)c1OC. The molecular formula is C27H24N2O6. The summed E-state index contributed by atoms with van der Waals surface area (Å²) < 4.78 is 18.0. The first-order chi connectivity index (χ1) is 16.9. The number of nitro benzene ring substituents is 1. The lowest BCUT2D eigenvalue weighted by Crippen LogP contribution is -2.05. The summed E-state index contributed by atoms with van der Waals surface area (Å²) in [7, 11) is 4.42. The van der Waals surface area contributed by atoms with Crippen molar-refractivity contribution in [1.82, 2.24) is 4.57 Å². The van der Waals surface area contributed by atoms with Gasteiger partial charge in [-0.1, -0.05) is 29.8 Å². The first kappa shape index (κ1) is 23.6. The average Bonchev–Trinajstić information content (AvgIpc) is 3.32. The molecule has 0 saturated carbocycles. The highest BCUT2D eigenvalue weighted by Gasteiger charge is 2.25. The molecule has 0 atom stereocenters. The molecule has 0 aliphatic carbocycles. The van der Waals surface area contributed by atoms with E-state index >= 15 is 0 Å². The summed E-state index contributed by atoms with van der Waals surface area (Å²) in [6.45, 7) is 1.98. The van der Waals surface area contributed by atoms with Gasteiger partial charge >= 0.3 is 0 Å². The predicted octanol–water partition coefficient (Wildman–Crippen LogP) is 5.62. The number of aryl methyl sites for hydroxylation is 1. The number of hydrogen-bond acceptors (Lipinski definition) is 6. The summed E-state index contributed by atoms with van der Waals surface area (Å²) in [5, 5.41) is 11.8. The Labute approximate surface area is 202 Å². The molecule has 8 heteroatoms. The minimum atomic E-state index is -0.452. The Morgan fingerprint density at radius 3 is 2.06 bits per heavy atom. The van der Waals surface area contributed by atoms with Gasteiger partial charge in [-0.15, -0.1) is 0 Å². The first-order valence-corrected chi connectivity index (χ1v) is 10.8. The third kappa shape index (κ3) is 4.46. The standard InChI is InChI=1S/C27H24N2O6/c1-17-9-11-19(12-10-17)28-15-21(20-7-5-6-8-23(20)29(31)32)22(16-28)26(30)18-13-24(33-2)27(35-4)25(14-18)34-3/h5-16H,1-4H3. The fourth-order valence-electron chi connectivity index (χ4n) is 3.94. The summed E-state index contributed by atoms with van der Waals surface area (Å²) in [5.74, 6) is 0.687. The topological polar surface area (TPSA) is 92.8 Å². The van der Waals surface area contributed by atoms with Crippen LogP contribution in [0.3, 0.4) is 0 Å². The van der Waals surface area contributed by atoms with Crippen molar-refractivity contribution in [2.75, 3.05) is 21.3 Å². The number of carbonyl (C=O) groups is 1. The normalized spacial score (nSPS) is 10.6. The van der Waals surface area contributed by atoms with E-state index in [9.17, 15) is 14.9 Å². The van der Waals surface area contributed by atoms with Crippen LogP contribution in [0.5, 0.6) is 17.2 Å². The quantitative estimate of drug-likeness (QED) is 0.188. The number of benzene rings is 3. The minimum Gasteiger partial charge on any atom is -0.493 e. The molecule has 0 bridgehead atoms.